The van der Waals surface area contributed by atoms with Gasteiger partial charge < -0.3 is 14.6 Å². The van der Waals surface area contributed by atoms with Gasteiger partial charge in [0, 0.05) is 12.8 Å². The molecule has 544 valence electrons. The Kier molecular flexibility index (Phi) is 81.2. The standard InChI is InChI=1S/C88H162O5/c1-3-5-7-9-11-13-15-17-19-21-23-25-27-29-31-33-35-37-39-41-43-44-45-47-49-51-53-55-57-59-61-63-65-67-69-71-73-75-77-79-81-83-88(91)93-86(84-89)85-92-87(90)82-80-78-76-74-72-70-68-66-64-62-60-58-56-54-52-50-48-46-42-40-38-36-34-32-30-28-26-24-22-20-18-16-14-12-10-8-6-4-2/h5,7,11,13,17,19,23,25,29,31,35,37,86,89H,3-4,6,8-10,12,14-16,18,20-22,24,26-28,30,32-34,36,38-85H2,1-2H3/b7-5-,13-11-,19-17-,25-23-,31-29-,37-35-. The van der Waals surface area contributed by atoms with Crippen molar-refractivity contribution >= 4 is 11.9 Å². The number of aliphatic hydroxyl groups excluding tert-OH is 1. The molecule has 0 amide bonds. The van der Waals surface area contributed by atoms with Crippen molar-refractivity contribution in [1.29, 1.82) is 0 Å². The van der Waals surface area contributed by atoms with Crippen LogP contribution in [0.15, 0.2) is 72.9 Å². The minimum atomic E-state index is -0.772. The molecule has 0 aliphatic rings. The third-order valence-corrected chi connectivity index (χ3v) is 19.3. The normalized spacial score (nSPS) is 12.5. The molecule has 5 nitrogen and oxygen atoms in total. The van der Waals surface area contributed by atoms with Crippen LogP contribution in [0.5, 0.6) is 0 Å². The summed E-state index contributed by atoms with van der Waals surface area (Å²) in [5.41, 5.74) is 0. The predicted molar refractivity (Wildman–Crippen MR) is 413 cm³/mol. The number of ether oxygens (including phenoxy) is 2. The lowest BCUT2D eigenvalue weighted by Crippen LogP contribution is -2.28. The Bertz CT molecular complexity index is 1620. The van der Waals surface area contributed by atoms with Crippen LogP contribution in [0.2, 0.25) is 0 Å². The molecular weight excluding hydrogens is 1140 g/mol. The van der Waals surface area contributed by atoms with Crippen LogP contribution < -0.4 is 0 Å². The quantitative estimate of drug-likeness (QED) is 0.0373. The molecule has 1 atom stereocenters. The lowest BCUT2D eigenvalue weighted by molar-refractivity contribution is -0.161. The number of hydrogen-bond acceptors (Lipinski definition) is 5. The zero-order valence-electron chi connectivity index (χ0n) is 62.8. The Morgan fingerprint density at radius 2 is 0.462 bits per heavy atom. The Morgan fingerprint density at radius 3 is 0.699 bits per heavy atom. The fraction of sp³-hybridized carbons (Fsp3) is 0.841. The summed E-state index contributed by atoms with van der Waals surface area (Å²) in [5, 5.41) is 9.74. The van der Waals surface area contributed by atoms with E-state index in [1.165, 1.54) is 360 Å². The summed E-state index contributed by atoms with van der Waals surface area (Å²) in [6, 6.07) is 0. The third kappa shape index (κ3) is 81.7. The van der Waals surface area contributed by atoms with E-state index >= 15 is 0 Å². The van der Waals surface area contributed by atoms with Crippen LogP contribution in [0.4, 0.5) is 0 Å². The van der Waals surface area contributed by atoms with Gasteiger partial charge in [0.2, 0.25) is 0 Å². The molecule has 0 saturated carbocycles. The molecule has 0 saturated heterocycles. The van der Waals surface area contributed by atoms with Gasteiger partial charge in [0.15, 0.2) is 6.10 Å². The van der Waals surface area contributed by atoms with Crippen LogP contribution in [-0.4, -0.2) is 36.4 Å². The first-order valence-electron chi connectivity index (χ1n) is 42.0. The summed E-state index contributed by atoms with van der Waals surface area (Å²) in [7, 11) is 0. The van der Waals surface area contributed by atoms with Crippen molar-refractivity contribution < 1.29 is 24.2 Å². The van der Waals surface area contributed by atoms with E-state index in [-0.39, 0.29) is 25.2 Å². The maximum absolute atomic E-state index is 12.4. The van der Waals surface area contributed by atoms with Crippen molar-refractivity contribution in [2.24, 2.45) is 0 Å². The summed E-state index contributed by atoms with van der Waals surface area (Å²) in [4.78, 5) is 24.7. The smallest absolute Gasteiger partial charge is 0.306 e. The first-order chi connectivity index (χ1) is 46.1. The number of rotatable bonds is 79. The first-order valence-corrected chi connectivity index (χ1v) is 42.0. The minimum absolute atomic E-state index is 0.0596. The maximum atomic E-state index is 12.4. The molecule has 5 heteroatoms. The van der Waals surface area contributed by atoms with Crippen molar-refractivity contribution in [1.82, 2.24) is 0 Å². The average molecular weight is 1300 g/mol. The van der Waals surface area contributed by atoms with Crippen LogP contribution >= 0.6 is 0 Å². The van der Waals surface area contributed by atoms with E-state index in [0.717, 1.165) is 70.6 Å². The Hall–Kier alpha value is -2.66. The number of aliphatic hydroxyl groups is 1. The van der Waals surface area contributed by atoms with Gasteiger partial charge in [0.25, 0.3) is 0 Å². The van der Waals surface area contributed by atoms with Crippen molar-refractivity contribution in [3.63, 3.8) is 0 Å². The fourth-order valence-electron chi connectivity index (χ4n) is 13.0. The van der Waals surface area contributed by atoms with Crippen LogP contribution in [0.25, 0.3) is 0 Å². The highest BCUT2D eigenvalue weighted by atomic mass is 16.6. The highest BCUT2D eigenvalue weighted by Gasteiger charge is 2.16. The second-order valence-electron chi connectivity index (χ2n) is 28.5. The number of carbonyl (C=O) groups is 2. The molecule has 0 aromatic rings. The largest absolute Gasteiger partial charge is 0.462 e. The molecule has 93 heavy (non-hydrogen) atoms. The van der Waals surface area contributed by atoms with Crippen LogP contribution in [0, 0.1) is 0 Å². The lowest BCUT2D eigenvalue weighted by Gasteiger charge is -2.15. The number of hydrogen-bond donors (Lipinski definition) is 1. The number of carbonyl (C=O) groups excluding carboxylic acids is 2. The topological polar surface area (TPSA) is 72.8 Å². The summed E-state index contributed by atoms with van der Waals surface area (Å²) < 4.78 is 10.8. The highest BCUT2D eigenvalue weighted by Crippen LogP contribution is 2.20. The Labute approximate surface area is 582 Å². The van der Waals surface area contributed by atoms with Gasteiger partial charge in [-0.25, -0.2) is 0 Å². The van der Waals surface area contributed by atoms with Crippen molar-refractivity contribution in [2.45, 2.75) is 463 Å². The molecule has 1 unspecified atom stereocenters. The molecule has 0 fully saturated rings. The van der Waals surface area contributed by atoms with Gasteiger partial charge in [-0.15, -0.1) is 0 Å². The van der Waals surface area contributed by atoms with E-state index < -0.39 is 6.10 Å². The van der Waals surface area contributed by atoms with E-state index in [1.54, 1.807) is 0 Å². The molecule has 0 spiro atoms. The average Bonchev–Trinajstić information content (AvgIpc) is 3.59. The molecule has 0 aliphatic carbocycles. The summed E-state index contributed by atoms with van der Waals surface area (Å²) in [5.74, 6) is -0.563. The molecule has 0 heterocycles. The molecule has 0 rings (SSSR count). The van der Waals surface area contributed by atoms with Gasteiger partial charge in [0.1, 0.15) is 6.61 Å². The van der Waals surface area contributed by atoms with Gasteiger partial charge in [-0.2, -0.15) is 0 Å². The second kappa shape index (κ2) is 83.6. The van der Waals surface area contributed by atoms with E-state index in [0.29, 0.717) is 12.8 Å². The van der Waals surface area contributed by atoms with Gasteiger partial charge in [-0.05, 0) is 64.2 Å². The predicted octanol–water partition coefficient (Wildman–Crippen LogP) is 29.7. The van der Waals surface area contributed by atoms with Crippen LogP contribution in [0.3, 0.4) is 0 Å². The Morgan fingerprint density at radius 1 is 0.258 bits per heavy atom. The van der Waals surface area contributed by atoms with Gasteiger partial charge in [-0.1, -0.05) is 453 Å². The van der Waals surface area contributed by atoms with Gasteiger partial charge >= 0.3 is 11.9 Å². The van der Waals surface area contributed by atoms with E-state index in [4.69, 9.17) is 9.47 Å². The zero-order chi connectivity index (χ0) is 66.8. The number of unbranched alkanes of at least 4 members (excludes halogenated alkanes) is 59. The number of esters is 2. The van der Waals surface area contributed by atoms with Gasteiger partial charge in [-0.3, -0.25) is 9.59 Å². The van der Waals surface area contributed by atoms with Crippen LogP contribution in [0.1, 0.15) is 457 Å². The molecule has 0 radical (unpaired) electrons. The highest BCUT2D eigenvalue weighted by molar-refractivity contribution is 5.70. The Balaban J connectivity index is 3.37. The lowest BCUT2D eigenvalue weighted by atomic mass is 10.0. The van der Waals surface area contributed by atoms with Gasteiger partial charge in [0.05, 0.1) is 6.61 Å². The first kappa shape index (κ1) is 90.3. The number of allylic oxidation sites excluding steroid dienone is 12. The fourth-order valence-corrected chi connectivity index (χ4v) is 13.0. The molecule has 1 N–H and O–H groups in total. The molecule has 0 aromatic heterocycles. The van der Waals surface area contributed by atoms with E-state index in [2.05, 4.69) is 86.8 Å². The molecule has 0 bridgehead atoms. The van der Waals surface area contributed by atoms with Crippen LogP contribution in [-0.2, 0) is 19.1 Å². The van der Waals surface area contributed by atoms with E-state index in [1.807, 2.05) is 0 Å². The molecule has 0 aliphatic heterocycles. The summed E-state index contributed by atoms with van der Waals surface area (Å²) >= 11 is 0. The summed E-state index contributed by atoms with van der Waals surface area (Å²) in [6.45, 7) is 4.10. The van der Waals surface area contributed by atoms with E-state index in [9.17, 15) is 14.7 Å². The second-order valence-corrected chi connectivity index (χ2v) is 28.5. The SMILES string of the molecule is CC/C=C\C/C=C\C/C=C\C/C=C\C/C=C\C/C=C\CCCCCCCCCCCCCCCCCCCCCCCCC(=O)OC(CO)COC(=O)CCCCCCCCCCCCCCCCCCCCCCCCCCCCCCCCCCCCCCCC. The monoisotopic (exact) mass is 1300 g/mol. The molecule has 0 aromatic carbocycles. The maximum Gasteiger partial charge on any atom is 0.306 e. The minimum Gasteiger partial charge on any atom is -0.462 e. The van der Waals surface area contributed by atoms with Crippen molar-refractivity contribution in [3.05, 3.63) is 72.9 Å². The summed E-state index contributed by atoms with van der Waals surface area (Å²) in [6.07, 6.45) is 117. The zero-order valence-corrected chi connectivity index (χ0v) is 62.8. The van der Waals surface area contributed by atoms with Crippen molar-refractivity contribution in [3.8, 4) is 0 Å². The van der Waals surface area contributed by atoms with Crippen molar-refractivity contribution in [2.75, 3.05) is 13.2 Å². The third-order valence-electron chi connectivity index (χ3n) is 19.3. The molecular formula is C88H162O5.